The molecule has 0 bridgehead atoms. The summed E-state index contributed by atoms with van der Waals surface area (Å²) in [4.78, 5) is 28.2. The van der Waals surface area contributed by atoms with E-state index < -0.39 is 11.5 Å². The summed E-state index contributed by atoms with van der Waals surface area (Å²) in [5.41, 5.74) is 0.284. The van der Waals surface area contributed by atoms with Gasteiger partial charge in [-0.1, -0.05) is 29.8 Å². The summed E-state index contributed by atoms with van der Waals surface area (Å²) in [6.07, 6.45) is 0.501. The van der Waals surface area contributed by atoms with E-state index >= 15 is 0 Å². The van der Waals surface area contributed by atoms with Crippen LogP contribution in [0.4, 0.5) is 0 Å². The number of carboxylic acid groups (broad SMARTS) is 1. The van der Waals surface area contributed by atoms with Crippen molar-refractivity contribution < 1.29 is 14.7 Å². The molecule has 24 heavy (non-hydrogen) atoms. The van der Waals surface area contributed by atoms with E-state index in [2.05, 4.69) is 10.3 Å². The number of nitrogens with zero attached hydrogens (tertiary/aromatic N) is 1. The molecule has 0 saturated carbocycles. The van der Waals surface area contributed by atoms with Crippen LogP contribution < -0.4 is 5.32 Å². The fourth-order valence-electron chi connectivity index (χ4n) is 2.51. The van der Waals surface area contributed by atoms with Crippen LogP contribution in [-0.4, -0.2) is 39.0 Å². The van der Waals surface area contributed by atoms with Crippen LogP contribution in [0.1, 0.15) is 12.1 Å². The van der Waals surface area contributed by atoms with E-state index in [9.17, 15) is 14.7 Å². The molecule has 2 aromatic rings. The number of rotatable bonds is 5. The number of thioether (sulfide) groups is 1. The highest BCUT2D eigenvalue weighted by Crippen LogP contribution is 2.31. The predicted molar refractivity (Wildman–Crippen MR) is 96.7 cm³/mol. The summed E-state index contributed by atoms with van der Waals surface area (Å²) in [7, 11) is 0. The van der Waals surface area contributed by atoms with Gasteiger partial charge in [-0.15, -0.1) is 11.3 Å². The second kappa shape index (κ2) is 7.13. The molecule has 2 N–H and O–H groups in total. The maximum atomic E-state index is 12.2. The number of aliphatic carboxylic acids is 1. The lowest BCUT2D eigenvalue weighted by molar-refractivity contribution is -0.146. The summed E-state index contributed by atoms with van der Waals surface area (Å²) in [6.45, 7) is 0. The lowest BCUT2D eigenvalue weighted by atomic mass is 9.99. The number of hydrogen-bond acceptors (Lipinski definition) is 5. The molecule has 5 nitrogen and oxygen atoms in total. The first-order chi connectivity index (χ1) is 11.5. The van der Waals surface area contributed by atoms with Crippen molar-refractivity contribution in [3.8, 4) is 10.6 Å². The van der Waals surface area contributed by atoms with Crippen molar-refractivity contribution in [3.63, 3.8) is 0 Å². The number of thiazole rings is 1. The summed E-state index contributed by atoms with van der Waals surface area (Å²) in [5.74, 6) is -0.164. The maximum absolute atomic E-state index is 12.2. The molecule has 1 atom stereocenters. The van der Waals surface area contributed by atoms with E-state index in [1.807, 2.05) is 18.2 Å². The molecule has 0 aliphatic carbocycles. The number of nitrogens with one attached hydrogen (secondary N) is 1. The van der Waals surface area contributed by atoms with Crippen LogP contribution in [-0.2, 0) is 16.0 Å². The molecular formula is C16H15ClN2O3S2. The Hall–Kier alpha value is -1.57. The standard InChI is InChI=1S/C16H15ClN2O3S2/c17-12-4-2-1-3-11(12)14-18-10(8-24-14)7-13(20)19-16(15(21)22)5-6-23-9-16/h1-4,8H,5-7,9H2,(H,19,20)(H,21,22). The third-order valence-corrected chi connectivity index (χ3v) is 6.25. The summed E-state index contributed by atoms with van der Waals surface area (Å²) in [5, 5.41) is 15.2. The van der Waals surface area contributed by atoms with Crippen molar-refractivity contribution in [1.29, 1.82) is 0 Å². The van der Waals surface area contributed by atoms with Gasteiger partial charge < -0.3 is 10.4 Å². The minimum absolute atomic E-state index is 0.0562. The molecule has 3 rings (SSSR count). The van der Waals surface area contributed by atoms with E-state index in [0.29, 0.717) is 22.9 Å². The molecule has 1 aliphatic rings. The molecule has 8 heteroatoms. The minimum Gasteiger partial charge on any atom is -0.479 e. The number of carbonyl (C=O) groups excluding carboxylic acids is 1. The number of carbonyl (C=O) groups is 2. The van der Waals surface area contributed by atoms with Gasteiger partial charge in [0, 0.05) is 16.7 Å². The van der Waals surface area contributed by atoms with Crippen molar-refractivity contribution >= 4 is 46.6 Å². The summed E-state index contributed by atoms with van der Waals surface area (Å²) >= 11 is 9.11. The molecule has 1 aliphatic heterocycles. The fourth-order valence-corrected chi connectivity index (χ4v) is 4.97. The first kappa shape index (κ1) is 17.3. The minimum atomic E-state index is -1.15. The van der Waals surface area contributed by atoms with Gasteiger partial charge in [0.15, 0.2) is 0 Å². The first-order valence-corrected chi connectivity index (χ1v) is 9.73. The van der Waals surface area contributed by atoms with E-state index in [4.69, 9.17) is 11.6 Å². The monoisotopic (exact) mass is 382 g/mol. The average molecular weight is 383 g/mol. The smallest absolute Gasteiger partial charge is 0.330 e. The van der Waals surface area contributed by atoms with Crippen molar-refractivity contribution in [1.82, 2.24) is 10.3 Å². The zero-order valence-electron chi connectivity index (χ0n) is 12.6. The van der Waals surface area contributed by atoms with Crippen LogP contribution >= 0.6 is 34.7 Å². The largest absolute Gasteiger partial charge is 0.479 e. The molecule has 1 saturated heterocycles. The Morgan fingerprint density at radius 1 is 1.38 bits per heavy atom. The third-order valence-electron chi connectivity index (χ3n) is 3.81. The van der Waals surface area contributed by atoms with Crippen LogP contribution in [0.15, 0.2) is 29.6 Å². The van der Waals surface area contributed by atoms with Crippen molar-refractivity contribution in [2.45, 2.75) is 18.4 Å². The highest BCUT2D eigenvalue weighted by molar-refractivity contribution is 7.99. The number of aromatic nitrogens is 1. The predicted octanol–water partition coefficient (Wildman–Crippen LogP) is 3.08. The van der Waals surface area contributed by atoms with Crippen molar-refractivity contribution in [3.05, 3.63) is 40.4 Å². The topological polar surface area (TPSA) is 79.3 Å². The molecule has 126 valence electrons. The van der Waals surface area contributed by atoms with Crippen LogP contribution in [0, 0.1) is 0 Å². The second-order valence-electron chi connectivity index (χ2n) is 5.54. The lowest BCUT2D eigenvalue weighted by Gasteiger charge is -2.24. The molecule has 1 aromatic heterocycles. The fraction of sp³-hybridized carbons (Fsp3) is 0.312. The molecule has 1 aromatic carbocycles. The zero-order valence-corrected chi connectivity index (χ0v) is 15.0. The number of hydrogen-bond donors (Lipinski definition) is 2. The molecule has 1 amide bonds. The van der Waals surface area contributed by atoms with Gasteiger partial charge in [0.25, 0.3) is 0 Å². The SMILES string of the molecule is O=C(Cc1csc(-c2ccccc2Cl)n1)NC1(C(=O)O)CCSC1. The van der Waals surface area contributed by atoms with E-state index in [0.717, 1.165) is 16.3 Å². The Morgan fingerprint density at radius 3 is 2.83 bits per heavy atom. The average Bonchev–Trinajstić information content (AvgIpc) is 3.18. The van der Waals surface area contributed by atoms with Gasteiger partial charge in [0.2, 0.25) is 5.91 Å². The second-order valence-corrected chi connectivity index (χ2v) is 7.91. The molecule has 1 fully saturated rings. The number of amides is 1. The van der Waals surface area contributed by atoms with Gasteiger partial charge in [-0.25, -0.2) is 9.78 Å². The van der Waals surface area contributed by atoms with E-state index in [-0.39, 0.29) is 12.3 Å². The van der Waals surface area contributed by atoms with Gasteiger partial charge >= 0.3 is 5.97 Å². The Labute approximate surface area is 152 Å². The highest BCUT2D eigenvalue weighted by atomic mass is 35.5. The molecule has 1 unspecified atom stereocenters. The van der Waals surface area contributed by atoms with Crippen LogP contribution in [0.3, 0.4) is 0 Å². The van der Waals surface area contributed by atoms with Crippen LogP contribution in [0.5, 0.6) is 0 Å². The van der Waals surface area contributed by atoms with Gasteiger partial charge in [0.1, 0.15) is 10.5 Å². The first-order valence-electron chi connectivity index (χ1n) is 7.32. The Bertz CT molecular complexity index is 772. The number of benzene rings is 1. The lowest BCUT2D eigenvalue weighted by Crippen LogP contribution is -2.55. The zero-order chi connectivity index (χ0) is 17.2. The molecular weight excluding hydrogens is 368 g/mol. The van der Waals surface area contributed by atoms with Crippen LogP contribution in [0.2, 0.25) is 5.02 Å². The van der Waals surface area contributed by atoms with Gasteiger partial charge in [0.05, 0.1) is 17.1 Å². The van der Waals surface area contributed by atoms with E-state index in [1.165, 1.54) is 23.1 Å². The summed E-state index contributed by atoms with van der Waals surface area (Å²) < 4.78 is 0. The van der Waals surface area contributed by atoms with Gasteiger partial charge in [-0.3, -0.25) is 4.79 Å². The summed E-state index contributed by atoms with van der Waals surface area (Å²) in [6, 6.07) is 7.39. The Kier molecular flexibility index (Phi) is 5.12. The number of carboxylic acids is 1. The Morgan fingerprint density at radius 2 is 2.17 bits per heavy atom. The maximum Gasteiger partial charge on any atom is 0.330 e. The molecule has 0 spiro atoms. The normalized spacial score (nSPS) is 20.0. The molecule has 2 heterocycles. The quantitative estimate of drug-likeness (QED) is 0.830. The highest BCUT2D eigenvalue weighted by Gasteiger charge is 2.43. The molecule has 0 radical (unpaired) electrons. The Balaban J connectivity index is 1.70. The van der Waals surface area contributed by atoms with Crippen LogP contribution in [0.25, 0.3) is 10.6 Å². The van der Waals surface area contributed by atoms with Crippen molar-refractivity contribution in [2.75, 3.05) is 11.5 Å². The number of halogens is 1. The van der Waals surface area contributed by atoms with Crippen molar-refractivity contribution in [2.24, 2.45) is 0 Å². The van der Waals surface area contributed by atoms with Gasteiger partial charge in [-0.2, -0.15) is 11.8 Å². The van der Waals surface area contributed by atoms with Gasteiger partial charge in [-0.05, 0) is 18.2 Å². The van der Waals surface area contributed by atoms with E-state index in [1.54, 1.807) is 11.4 Å². The third kappa shape index (κ3) is 3.58.